The summed E-state index contributed by atoms with van der Waals surface area (Å²) < 4.78 is 8.10. The Morgan fingerprint density at radius 3 is 2.83 bits per heavy atom. The van der Waals surface area contributed by atoms with Crippen LogP contribution in [-0.4, -0.2) is 45.6 Å². The fourth-order valence-corrected chi connectivity index (χ4v) is 4.43. The van der Waals surface area contributed by atoms with Crippen LogP contribution in [-0.2, 0) is 24.3 Å². The topological polar surface area (TPSA) is 59.4 Å². The number of benzene rings is 1. The fraction of sp³-hybridized carbons (Fsp3) is 0.565. The van der Waals surface area contributed by atoms with Crippen LogP contribution in [0, 0.1) is 12.8 Å². The van der Waals surface area contributed by atoms with Crippen LogP contribution >= 0.6 is 0 Å². The number of rotatable bonds is 6. The smallest absolute Gasteiger partial charge is 0.239 e. The van der Waals surface area contributed by atoms with E-state index in [-0.39, 0.29) is 11.5 Å². The van der Waals surface area contributed by atoms with Gasteiger partial charge in [-0.3, -0.25) is 9.69 Å². The van der Waals surface area contributed by atoms with Gasteiger partial charge in [0, 0.05) is 37.5 Å². The van der Waals surface area contributed by atoms with Crippen LogP contribution in [0.2, 0.25) is 0 Å². The van der Waals surface area contributed by atoms with Crippen molar-refractivity contribution in [1.82, 2.24) is 19.8 Å². The Morgan fingerprint density at radius 1 is 1.31 bits per heavy atom. The minimum absolute atomic E-state index is 0.0631. The summed E-state index contributed by atoms with van der Waals surface area (Å²) in [6.45, 7) is 10.4. The number of ether oxygens (including phenoxy) is 1. The van der Waals surface area contributed by atoms with E-state index in [2.05, 4.69) is 47.2 Å². The standard InChI is InChI=1S/C23H32N4O2/c1-17-24-9-12-27(17)16-21(28)25-14-18-7-10-26(11-8-18)15-20-6-4-5-19-13-23(2,3)29-22(19)20/h4-6,9,12,18H,7-8,10-11,13-16H2,1-3H3,(H,25,28). The Labute approximate surface area is 173 Å². The lowest BCUT2D eigenvalue weighted by atomic mass is 9.96. The number of piperidine rings is 1. The number of likely N-dealkylation sites (tertiary alicyclic amines) is 1. The maximum Gasteiger partial charge on any atom is 0.239 e. The number of para-hydroxylation sites is 1. The first-order valence-electron chi connectivity index (χ1n) is 10.7. The van der Waals surface area contributed by atoms with Crippen LogP contribution in [0.15, 0.2) is 30.6 Å². The second-order valence-corrected chi connectivity index (χ2v) is 9.07. The highest BCUT2D eigenvalue weighted by atomic mass is 16.5. The van der Waals surface area contributed by atoms with Crippen molar-refractivity contribution in [1.29, 1.82) is 0 Å². The Balaban J connectivity index is 1.23. The van der Waals surface area contributed by atoms with Gasteiger partial charge in [-0.15, -0.1) is 0 Å². The van der Waals surface area contributed by atoms with Crippen molar-refractivity contribution < 1.29 is 9.53 Å². The molecule has 29 heavy (non-hydrogen) atoms. The highest BCUT2D eigenvalue weighted by molar-refractivity contribution is 5.75. The molecule has 0 saturated carbocycles. The van der Waals surface area contributed by atoms with Crippen molar-refractivity contribution >= 4 is 5.91 Å². The summed E-state index contributed by atoms with van der Waals surface area (Å²) >= 11 is 0. The molecular formula is C23H32N4O2. The van der Waals surface area contributed by atoms with Crippen molar-refractivity contribution in [3.05, 3.63) is 47.5 Å². The van der Waals surface area contributed by atoms with Gasteiger partial charge in [0.25, 0.3) is 0 Å². The van der Waals surface area contributed by atoms with E-state index in [1.54, 1.807) is 6.20 Å². The lowest BCUT2D eigenvalue weighted by Gasteiger charge is -2.32. The summed E-state index contributed by atoms with van der Waals surface area (Å²) in [5, 5.41) is 3.10. The van der Waals surface area contributed by atoms with Crippen LogP contribution < -0.4 is 10.1 Å². The molecule has 1 aromatic carbocycles. The van der Waals surface area contributed by atoms with Crippen molar-refractivity contribution in [2.45, 2.75) is 58.7 Å². The molecule has 0 spiro atoms. The van der Waals surface area contributed by atoms with Crippen LogP contribution in [0.25, 0.3) is 0 Å². The van der Waals surface area contributed by atoms with Crippen molar-refractivity contribution in [3.63, 3.8) is 0 Å². The van der Waals surface area contributed by atoms with Crippen molar-refractivity contribution in [2.75, 3.05) is 19.6 Å². The highest BCUT2D eigenvalue weighted by Gasteiger charge is 2.32. The molecule has 2 aliphatic rings. The number of imidazole rings is 1. The van der Waals surface area contributed by atoms with Gasteiger partial charge in [0.1, 0.15) is 23.7 Å². The minimum Gasteiger partial charge on any atom is -0.487 e. The molecular weight excluding hydrogens is 364 g/mol. The Morgan fingerprint density at radius 2 is 2.10 bits per heavy atom. The van der Waals surface area contributed by atoms with E-state index >= 15 is 0 Å². The molecule has 0 bridgehead atoms. The third-order valence-corrected chi connectivity index (χ3v) is 6.10. The predicted octanol–water partition coefficient (Wildman–Crippen LogP) is 2.93. The molecule has 2 aromatic rings. The summed E-state index contributed by atoms with van der Waals surface area (Å²) in [6, 6.07) is 6.54. The molecule has 0 atom stereocenters. The van der Waals surface area contributed by atoms with Crippen molar-refractivity contribution in [3.8, 4) is 5.75 Å². The van der Waals surface area contributed by atoms with Gasteiger partial charge in [0.15, 0.2) is 0 Å². The van der Waals surface area contributed by atoms with Crippen molar-refractivity contribution in [2.24, 2.45) is 5.92 Å². The highest BCUT2D eigenvalue weighted by Crippen LogP contribution is 2.38. The van der Waals surface area contributed by atoms with E-state index < -0.39 is 0 Å². The summed E-state index contributed by atoms with van der Waals surface area (Å²) in [5.41, 5.74) is 2.53. The van der Waals surface area contributed by atoms with Crippen LogP contribution in [0.1, 0.15) is 43.6 Å². The van der Waals surface area contributed by atoms with Gasteiger partial charge in [0.05, 0.1) is 0 Å². The van der Waals surface area contributed by atoms with Gasteiger partial charge in [0.2, 0.25) is 5.91 Å². The molecule has 6 nitrogen and oxygen atoms in total. The lowest BCUT2D eigenvalue weighted by molar-refractivity contribution is -0.121. The van der Waals surface area contributed by atoms with E-state index in [0.717, 1.165) is 57.0 Å². The van der Waals surface area contributed by atoms with Gasteiger partial charge in [-0.2, -0.15) is 0 Å². The number of nitrogens with zero attached hydrogens (tertiary/aromatic N) is 3. The largest absolute Gasteiger partial charge is 0.487 e. The Bertz CT molecular complexity index is 866. The molecule has 1 N–H and O–H groups in total. The van der Waals surface area contributed by atoms with Gasteiger partial charge in [-0.05, 0) is 58.2 Å². The zero-order valence-electron chi connectivity index (χ0n) is 17.8. The molecule has 0 aliphatic carbocycles. The summed E-state index contributed by atoms with van der Waals surface area (Å²) in [7, 11) is 0. The summed E-state index contributed by atoms with van der Waals surface area (Å²) in [6.07, 6.45) is 6.79. The van der Waals surface area contributed by atoms with Gasteiger partial charge in [-0.25, -0.2) is 4.98 Å². The predicted molar refractivity (Wildman–Crippen MR) is 113 cm³/mol. The quantitative estimate of drug-likeness (QED) is 0.816. The van der Waals surface area contributed by atoms with E-state index in [0.29, 0.717) is 12.5 Å². The number of carbonyl (C=O) groups excluding carboxylic acids is 1. The number of nitrogens with one attached hydrogen (secondary N) is 1. The summed E-state index contributed by atoms with van der Waals surface area (Å²) in [5.74, 6) is 2.58. The molecule has 1 aromatic heterocycles. The first-order valence-corrected chi connectivity index (χ1v) is 10.7. The fourth-order valence-electron chi connectivity index (χ4n) is 4.43. The number of hydrogen-bond acceptors (Lipinski definition) is 4. The summed E-state index contributed by atoms with van der Waals surface area (Å²) in [4.78, 5) is 18.9. The number of fused-ring (bicyclic) bond motifs is 1. The van der Waals surface area contributed by atoms with E-state index in [4.69, 9.17) is 4.74 Å². The monoisotopic (exact) mass is 396 g/mol. The zero-order valence-corrected chi connectivity index (χ0v) is 17.8. The van der Waals surface area contributed by atoms with Gasteiger partial charge >= 0.3 is 0 Å². The minimum atomic E-state index is -0.0983. The average Bonchev–Trinajstić information content (AvgIpc) is 3.23. The molecule has 1 saturated heterocycles. The Kier molecular flexibility index (Phi) is 5.63. The molecule has 4 rings (SSSR count). The number of amides is 1. The van der Waals surface area contributed by atoms with E-state index in [1.165, 1.54) is 11.1 Å². The maximum absolute atomic E-state index is 12.2. The SMILES string of the molecule is Cc1nccn1CC(=O)NCC1CCN(Cc2cccc3c2OC(C)(C)C3)CC1. The molecule has 1 amide bonds. The van der Waals surface area contributed by atoms with Crippen LogP contribution in [0.5, 0.6) is 5.75 Å². The molecule has 0 radical (unpaired) electrons. The van der Waals surface area contributed by atoms with Crippen LogP contribution in [0.4, 0.5) is 0 Å². The first-order chi connectivity index (χ1) is 13.9. The average molecular weight is 397 g/mol. The third kappa shape index (κ3) is 4.81. The normalized spacial score (nSPS) is 19.0. The van der Waals surface area contributed by atoms with E-state index in [1.807, 2.05) is 17.7 Å². The third-order valence-electron chi connectivity index (χ3n) is 6.10. The molecule has 2 aliphatic heterocycles. The molecule has 156 valence electrons. The van der Waals surface area contributed by atoms with Gasteiger partial charge < -0.3 is 14.6 Å². The van der Waals surface area contributed by atoms with E-state index in [9.17, 15) is 4.79 Å². The molecule has 0 unspecified atom stereocenters. The number of aryl methyl sites for hydroxylation is 1. The second kappa shape index (κ2) is 8.19. The molecule has 3 heterocycles. The number of carbonyl (C=O) groups is 1. The zero-order chi connectivity index (χ0) is 20.4. The van der Waals surface area contributed by atoms with Crippen LogP contribution in [0.3, 0.4) is 0 Å². The Hall–Kier alpha value is -2.34. The van der Waals surface area contributed by atoms with Gasteiger partial charge in [-0.1, -0.05) is 18.2 Å². The first kappa shape index (κ1) is 20.0. The lowest BCUT2D eigenvalue weighted by Crippen LogP contribution is -2.39. The molecule has 1 fully saturated rings. The number of aromatic nitrogens is 2. The maximum atomic E-state index is 12.2. The number of hydrogen-bond donors (Lipinski definition) is 1. The second-order valence-electron chi connectivity index (χ2n) is 9.07. The molecule has 6 heteroatoms.